The Labute approximate surface area is 111 Å². The maximum atomic E-state index is 12.8. The van der Waals surface area contributed by atoms with Crippen LogP contribution in [0.15, 0.2) is 48.5 Å². The molecule has 0 spiro atoms. The molecule has 0 aromatic heterocycles. The Bertz CT molecular complexity index is 567. The first-order valence-electron chi connectivity index (χ1n) is 6.05. The number of benzene rings is 2. The first-order valence-corrected chi connectivity index (χ1v) is 6.05. The number of hydrogen-bond acceptors (Lipinski definition) is 2. The fourth-order valence-corrected chi connectivity index (χ4v) is 1.85. The number of nitrogens with two attached hydrogens (primary N) is 1. The quantitative estimate of drug-likeness (QED) is 0.885. The van der Waals surface area contributed by atoms with Crippen molar-refractivity contribution in [3.63, 3.8) is 0 Å². The van der Waals surface area contributed by atoms with Gasteiger partial charge in [0.25, 0.3) is 5.91 Å². The van der Waals surface area contributed by atoms with Crippen LogP contribution < -0.4 is 11.1 Å². The second-order valence-electron chi connectivity index (χ2n) is 4.16. The Balaban J connectivity index is 2.18. The zero-order valence-electron chi connectivity index (χ0n) is 10.4. The Hall–Kier alpha value is -2.20. The molecule has 3 N–H and O–H groups in total. The molecule has 1 amide bonds. The fourth-order valence-electron chi connectivity index (χ4n) is 1.85. The van der Waals surface area contributed by atoms with E-state index in [0.717, 1.165) is 5.56 Å². The predicted octanol–water partition coefficient (Wildman–Crippen LogP) is 2.58. The van der Waals surface area contributed by atoms with Crippen LogP contribution in [0.5, 0.6) is 0 Å². The van der Waals surface area contributed by atoms with Gasteiger partial charge < -0.3 is 11.1 Å². The molecular weight excluding hydrogens is 243 g/mol. The Morgan fingerprint density at radius 1 is 1.11 bits per heavy atom. The molecule has 0 bridgehead atoms. The van der Waals surface area contributed by atoms with E-state index in [1.165, 1.54) is 24.3 Å². The number of rotatable bonds is 4. The monoisotopic (exact) mass is 258 g/mol. The number of carbonyl (C=O) groups excluding carboxylic acids is 1. The normalized spacial score (nSPS) is 10.2. The van der Waals surface area contributed by atoms with E-state index >= 15 is 0 Å². The zero-order chi connectivity index (χ0) is 13.7. The van der Waals surface area contributed by atoms with Gasteiger partial charge >= 0.3 is 0 Å². The summed E-state index contributed by atoms with van der Waals surface area (Å²) in [4.78, 5) is 12.1. The molecule has 0 aliphatic heterocycles. The molecule has 0 aliphatic rings. The van der Waals surface area contributed by atoms with Crippen molar-refractivity contribution in [2.24, 2.45) is 5.73 Å². The average Bonchev–Trinajstić information content (AvgIpc) is 2.42. The van der Waals surface area contributed by atoms with Gasteiger partial charge in [0.2, 0.25) is 0 Å². The number of halogens is 1. The smallest absolute Gasteiger partial charge is 0.255 e. The highest BCUT2D eigenvalue weighted by Crippen LogP contribution is 2.14. The summed E-state index contributed by atoms with van der Waals surface area (Å²) in [5.74, 6) is -0.544. The van der Waals surface area contributed by atoms with Crippen LogP contribution in [-0.2, 0) is 6.42 Å². The molecule has 0 aliphatic carbocycles. The van der Waals surface area contributed by atoms with E-state index in [1.54, 1.807) is 12.1 Å². The lowest BCUT2D eigenvalue weighted by Gasteiger charge is -2.09. The van der Waals surface area contributed by atoms with Crippen LogP contribution >= 0.6 is 0 Å². The maximum Gasteiger partial charge on any atom is 0.255 e. The molecule has 0 unspecified atom stereocenters. The molecule has 2 rings (SSSR count). The van der Waals surface area contributed by atoms with Gasteiger partial charge in [-0.25, -0.2) is 4.39 Å². The van der Waals surface area contributed by atoms with Crippen LogP contribution in [0.25, 0.3) is 0 Å². The molecule has 3 nitrogen and oxygen atoms in total. The molecule has 0 radical (unpaired) electrons. The van der Waals surface area contributed by atoms with Gasteiger partial charge in [-0.1, -0.05) is 18.2 Å². The second kappa shape index (κ2) is 6.11. The Morgan fingerprint density at radius 2 is 1.79 bits per heavy atom. The highest BCUT2D eigenvalue weighted by molar-refractivity contribution is 6.05. The summed E-state index contributed by atoms with van der Waals surface area (Å²) < 4.78 is 12.8. The largest absolute Gasteiger partial charge is 0.330 e. The van der Waals surface area contributed by atoms with Crippen LogP contribution in [0.4, 0.5) is 10.1 Å². The molecule has 19 heavy (non-hydrogen) atoms. The van der Waals surface area contributed by atoms with Crippen molar-refractivity contribution in [2.75, 3.05) is 11.9 Å². The minimum Gasteiger partial charge on any atom is -0.330 e. The molecular formula is C15H15FN2O. The maximum absolute atomic E-state index is 12.8. The summed E-state index contributed by atoms with van der Waals surface area (Å²) in [6.45, 7) is 0.487. The summed E-state index contributed by atoms with van der Waals surface area (Å²) in [7, 11) is 0. The van der Waals surface area contributed by atoms with Crippen molar-refractivity contribution >= 4 is 11.6 Å². The van der Waals surface area contributed by atoms with Gasteiger partial charge in [0.05, 0.1) is 0 Å². The highest BCUT2D eigenvalue weighted by Gasteiger charge is 2.10. The Morgan fingerprint density at radius 3 is 2.47 bits per heavy atom. The van der Waals surface area contributed by atoms with E-state index in [9.17, 15) is 9.18 Å². The zero-order valence-corrected chi connectivity index (χ0v) is 10.4. The summed E-state index contributed by atoms with van der Waals surface area (Å²) in [5, 5.41) is 2.74. The van der Waals surface area contributed by atoms with Crippen LogP contribution in [0.2, 0.25) is 0 Å². The standard InChI is InChI=1S/C15H15FN2O/c16-12-5-7-13(8-6-12)18-15(19)14-4-2-1-3-11(14)9-10-17/h1-8H,9-10,17H2,(H,18,19). The van der Waals surface area contributed by atoms with Crippen molar-refractivity contribution in [1.29, 1.82) is 0 Å². The lowest BCUT2D eigenvalue weighted by molar-refractivity contribution is 0.102. The molecule has 2 aromatic rings. The van der Waals surface area contributed by atoms with Crippen LogP contribution in [0.3, 0.4) is 0 Å². The number of nitrogens with one attached hydrogen (secondary N) is 1. The molecule has 0 fully saturated rings. The van der Waals surface area contributed by atoms with Gasteiger partial charge in [0.15, 0.2) is 0 Å². The molecule has 0 heterocycles. The van der Waals surface area contributed by atoms with Crippen LogP contribution in [0, 0.1) is 5.82 Å². The van der Waals surface area contributed by atoms with Crippen LogP contribution in [0.1, 0.15) is 15.9 Å². The number of amides is 1. The van der Waals surface area contributed by atoms with Gasteiger partial charge in [-0.15, -0.1) is 0 Å². The van der Waals surface area contributed by atoms with Gasteiger partial charge in [-0.2, -0.15) is 0 Å². The Kier molecular flexibility index (Phi) is 4.26. The van der Waals surface area contributed by atoms with E-state index in [-0.39, 0.29) is 11.7 Å². The third kappa shape index (κ3) is 3.39. The van der Waals surface area contributed by atoms with Crippen molar-refractivity contribution < 1.29 is 9.18 Å². The minimum atomic E-state index is -0.332. The van der Waals surface area contributed by atoms with Crippen LogP contribution in [-0.4, -0.2) is 12.5 Å². The van der Waals surface area contributed by atoms with E-state index < -0.39 is 0 Å². The predicted molar refractivity (Wildman–Crippen MR) is 73.6 cm³/mol. The summed E-state index contributed by atoms with van der Waals surface area (Å²) in [5.41, 5.74) is 7.59. The van der Waals surface area contributed by atoms with Crippen molar-refractivity contribution in [3.05, 3.63) is 65.5 Å². The van der Waals surface area contributed by atoms with Gasteiger partial charge in [-0.3, -0.25) is 4.79 Å². The van der Waals surface area contributed by atoms with Gasteiger partial charge in [0.1, 0.15) is 5.82 Å². The molecule has 0 atom stereocenters. The molecule has 98 valence electrons. The second-order valence-corrected chi connectivity index (χ2v) is 4.16. The molecule has 2 aromatic carbocycles. The summed E-state index contributed by atoms with van der Waals surface area (Å²) in [6, 6.07) is 13.0. The van der Waals surface area contributed by atoms with E-state index in [4.69, 9.17) is 5.73 Å². The van der Waals surface area contributed by atoms with Gasteiger partial charge in [0, 0.05) is 11.3 Å². The number of anilines is 1. The molecule has 0 saturated carbocycles. The van der Waals surface area contributed by atoms with Crippen molar-refractivity contribution in [3.8, 4) is 0 Å². The third-order valence-electron chi connectivity index (χ3n) is 2.78. The topological polar surface area (TPSA) is 55.1 Å². The van der Waals surface area contributed by atoms with Crippen molar-refractivity contribution in [1.82, 2.24) is 0 Å². The van der Waals surface area contributed by atoms with E-state index in [2.05, 4.69) is 5.32 Å². The first-order chi connectivity index (χ1) is 9.20. The number of hydrogen-bond donors (Lipinski definition) is 2. The average molecular weight is 258 g/mol. The van der Waals surface area contributed by atoms with Gasteiger partial charge in [-0.05, 0) is 48.9 Å². The summed E-state index contributed by atoms with van der Waals surface area (Å²) >= 11 is 0. The SMILES string of the molecule is NCCc1ccccc1C(=O)Nc1ccc(F)cc1. The van der Waals surface area contributed by atoms with E-state index in [0.29, 0.717) is 24.2 Å². The highest BCUT2D eigenvalue weighted by atomic mass is 19.1. The molecule has 4 heteroatoms. The molecule has 0 saturated heterocycles. The lowest BCUT2D eigenvalue weighted by atomic mass is 10.0. The third-order valence-corrected chi connectivity index (χ3v) is 2.78. The van der Waals surface area contributed by atoms with Crippen molar-refractivity contribution in [2.45, 2.75) is 6.42 Å². The number of carbonyl (C=O) groups is 1. The summed E-state index contributed by atoms with van der Waals surface area (Å²) in [6.07, 6.45) is 0.646. The van der Waals surface area contributed by atoms with E-state index in [1.807, 2.05) is 12.1 Å². The minimum absolute atomic E-state index is 0.212. The first kappa shape index (κ1) is 13.2. The lowest BCUT2D eigenvalue weighted by Crippen LogP contribution is -2.15. The fraction of sp³-hybridized carbons (Fsp3) is 0.133.